The van der Waals surface area contributed by atoms with Gasteiger partial charge in [0.15, 0.2) is 5.78 Å². The van der Waals surface area contributed by atoms with Crippen molar-refractivity contribution in [2.75, 3.05) is 0 Å². The van der Waals surface area contributed by atoms with Crippen molar-refractivity contribution in [1.82, 2.24) is 5.32 Å². The van der Waals surface area contributed by atoms with Gasteiger partial charge in [0.25, 0.3) is 0 Å². The van der Waals surface area contributed by atoms with Crippen molar-refractivity contribution in [1.29, 1.82) is 0 Å². The zero-order valence-electron chi connectivity index (χ0n) is 10.0. The largest absolute Gasteiger partial charge is 0.368 e. The third-order valence-corrected chi connectivity index (χ3v) is 3.83. The van der Waals surface area contributed by atoms with Crippen molar-refractivity contribution in [3.63, 3.8) is 0 Å². The number of hydrogen-bond acceptors (Lipinski definition) is 4. The van der Waals surface area contributed by atoms with E-state index in [9.17, 15) is 14.4 Å². The van der Waals surface area contributed by atoms with Crippen LogP contribution in [0.25, 0.3) is 0 Å². The molecule has 0 unspecified atom stereocenters. The number of thiophene rings is 1. The second-order valence-corrected chi connectivity index (χ2v) is 6.14. The van der Waals surface area contributed by atoms with Gasteiger partial charge in [-0.3, -0.25) is 14.4 Å². The van der Waals surface area contributed by atoms with Gasteiger partial charge in [0, 0.05) is 18.4 Å². The first-order chi connectivity index (χ1) is 8.81. The summed E-state index contributed by atoms with van der Waals surface area (Å²) in [5.74, 6) is -1.32. The summed E-state index contributed by atoms with van der Waals surface area (Å²) >= 11 is 12.7. The van der Waals surface area contributed by atoms with Crippen LogP contribution < -0.4 is 11.1 Å². The lowest BCUT2D eigenvalue weighted by molar-refractivity contribution is -0.126. The number of ketones is 1. The molecule has 2 amide bonds. The summed E-state index contributed by atoms with van der Waals surface area (Å²) in [6.45, 7) is 1.47. The minimum atomic E-state index is -0.762. The second kappa shape index (κ2) is 6.88. The average Bonchev–Trinajstić information content (AvgIpc) is 2.65. The molecule has 1 atom stereocenters. The van der Waals surface area contributed by atoms with Crippen LogP contribution >= 0.6 is 34.5 Å². The molecule has 0 fully saturated rings. The van der Waals surface area contributed by atoms with E-state index in [1.165, 1.54) is 13.0 Å². The Balaban J connectivity index is 2.49. The normalized spacial score (nSPS) is 11.9. The summed E-state index contributed by atoms with van der Waals surface area (Å²) in [6.07, 6.45) is -0.0512. The lowest BCUT2D eigenvalue weighted by Crippen LogP contribution is -2.42. The van der Waals surface area contributed by atoms with Crippen molar-refractivity contribution >= 4 is 52.1 Å². The topological polar surface area (TPSA) is 89.3 Å². The van der Waals surface area contributed by atoms with Gasteiger partial charge in [0.05, 0.1) is 4.34 Å². The number of Topliss-reactive ketones (excluding diaryl/α,β-unsaturated/α-hetero) is 1. The molecule has 19 heavy (non-hydrogen) atoms. The Morgan fingerprint density at radius 2 is 2.00 bits per heavy atom. The number of nitrogens with two attached hydrogens (primary N) is 1. The molecule has 5 nitrogen and oxygen atoms in total. The first kappa shape index (κ1) is 15.9. The average molecular weight is 323 g/mol. The van der Waals surface area contributed by atoms with Gasteiger partial charge in [-0.05, 0) is 13.0 Å². The number of carbonyl (C=O) groups excluding carboxylic acids is 3. The molecule has 0 radical (unpaired) electrons. The van der Waals surface area contributed by atoms with E-state index in [0.717, 1.165) is 11.3 Å². The van der Waals surface area contributed by atoms with E-state index in [0.29, 0.717) is 14.2 Å². The molecule has 3 N–H and O–H groups in total. The fraction of sp³-hybridized carbons (Fsp3) is 0.364. The molecule has 1 heterocycles. The van der Waals surface area contributed by atoms with E-state index in [4.69, 9.17) is 28.9 Å². The molecule has 1 rings (SSSR count). The number of amides is 2. The lowest BCUT2D eigenvalue weighted by Gasteiger charge is -2.09. The predicted octanol–water partition coefficient (Wildman–Crippen LogP) is 2.01. The summed E-state index contributed by atoms with van der Waals surface area (Å²) in [5.41, 5.74) is 5.31. The number of nitrogens with one attached hydrogen (secondary N) is 1. The third kappa shape index (κ3) is 4.81. The Bertz CT molecular complexity index is 516. The maximum Gasteiger partial charge on any atom is 0.239 e. The number of halogens is 2. The smallest absolute Gasteiger partial charge is 0.239 e. The molecule has 0 aliphatic rings. The molecular weight excluding hydrogens is 311 g/mol. The fourth-order valence-electron chi connectivity index (χ4n) is 1.28. The fourth-order valence-corrected chi connectivity index (χ4v) is 2.78. The first-order valence-electron chi connectivity index (χ1n) is 5.38. The maximum atomic E-state index is 11.8. The Hall–Kier alpha value is -1.11. The number of primary amides is 1. The van der Waals surface area contributed by atoms with Gasteiger partial charge < -0.3 is 11.1 Å². The Labute approximate surface area is 124 Å². The Morgan fingerprint density at radius 3 is 2.47 bits per heavy atom. The lowest BCUT2D eigenvalue weighted by atomic mass is 10.1. The monoisotopic (exact) mass is 322 g/mol. The van der Waals surface area contributed by atoms with E-state index in [1.807, 2.05) is 0 Å². The van der Waals surface area contributed by atoms with Crippen molar-refractivity contribution in [3.8, 4) is 0 Å². The van der Waals surface area contributed by atoms with Crippen LogP contribution in [0, 0.1) is 0 Å². The SMILES string of the molecule is C[C@H](NC(=O)CCC(=O)c1cc(Cl)sc1Cl)C(N)=O. The molecule has 0 bridgehead atoms. The minimum absolute atomic E-state index is 0.00982. The quantitative estimate of drug-likeness (QED) is 0.785. The summed E-state index contributed by atoms with van der Waals surface area (Å²) < 4.78 is 0.723. The summed E-state index contributed by atoms with van der Waals surface area (Å²) in [7, 11) is 0. The highest BCUT2D eigenvalue weighted by atomic mass is 35.5. The van der Waals surface area contributed by atoms with Crippen LogP contribution in [-0.4, -0.2) is 23.6 Å². The van der Waals surface area contributed by atoms with Crippen LogP contribution in [0.15, 0.2) is 6.07 Å². The molecule has 0 aliphatic heterocycles. The maximum absolute atomic E-state index is 11.8. The minimum Gasteiger partial charge on any atom is -0.368 e. The first-order valence-corrected chi connectivity index (χ1v) is 6.95. The highest BCUT2D eigenvalue weighted by Crippen LogP contribution is 2.32. The van der Waals surface area contributed by atoms with Crippen molar-refractivity contribution in [2.24, 2.45) is 5.73 Å². The van der Waals surface area contributed by atoms with Crippen LogP contribution in [0.1, 0.15) is 30.1 Å². The Kier molecular flexibility index (Phi) is 5.78. The summed E-state index contributed by atoms with van der Waals surface area (Å²) in [4.78, 5) is 34.0. The van der Waals surface area contributed by atoms with Gasteiger partial charge in [-0.2, -0.15) is 0 Å². The van der Waals surface area contributed by atoms with Crippen molar-refractivity contribution in [3.05, 3.63) is 20.3 Å². The van der Waals surface area contributed by atoms with Crippen LogP contribution in [-0.2, 0) is 9.59 Å². The molecule has 0 aromatic carbocycles. The molecule has 1 aromatic rings. The summed E-state index contributed by atoms with van der Waals surface area (Å²) in [5, 5.41) is 2.38. The molecule has 0 saturated carbocycles. The van der Waals surface area contributed by atoms with Crippen molar-refractivity contribution < 1.29 is 14.4 Å². The van der Waals surface area contributed by atoms with E-state index >= 15 is 0 Å². The summed E-state index contributed by atoms with van der Waals surface area (Å²) in [6, 6.07) is 0.711. The molecule has 8 heteroatoms. The van der Waals surface area contributed by atoms with Gasteiger partial charge >= 0.3 is 0 Å². The van der Waals surface area contributed by atoms with Gasteiger partial charge in [0.1, 0.15) is 10.4 Å². The van der Waals surface area contributed by atoms with Crippen LogP contribution in [0.4, 0.5) is 0 Å². The Morgan fingerprint density at radius 1 is 1.37 bits per heavy atom. The zero-order chi connectivity index (χ0) is 14.6. The number of rotatable bonds is 6. The van der Waals surface area contributed by atoms with Gasteiger partial charge in [-0.25, -0.2) is 0 Å². The highest BCUT2D eigenvalue weighted by Gasteiger charge is 2.17. The van der Waals surface area contributed by atoms with Gasteiger partial charge in [0.2, 0.25) is 11.8 Å². The second-order valence-electron chi connectivity index (χ2n) is 3.85. The number of carbonyl (C=O) groups is 3. The molecule has 0 aliphatic carbocycles. The van der Waals surface area contributed by atoms with Crippen LogP contribution in [0.3, 0.4) is 0 Å². The molecule has 1 aromatic heterocycles. The van der Waals surface area contributed by atoms with Crippen LogP contribution in [0.2, 0.25) is 8.67 Å². The van der Waals surface area contributed by atoms with Crippen molar-refractivity contribution in [2.45, 2.75) is 25.8 Å². The van der Waals surface area contributed by atoms with E-state index in [1.54, 1.807) is 0 Å². The van der Waals surface area contributed by atoms with E-state index in [2.05, 4.69) is 5.32 Å². The van der Waals surface area contributed by atoms with Crippen LogP contribution in [0.5, 0.6) is 0 Å². The zero-order valence-corrected chi connectivity index (χ0v) is 12.4. The molecular formula is C11H12Cl2N2O3S. The van der Waals surface area contributed by atoms with E-state index < -0.39 is 17.9 Å². The molecule has 0 spiro atoms. The highest BCUT2D eigenvalue weighted by molar-refractivity contribution is 7.20. The molecule has 104 valence electrons. The van der Waals surface area contributed by atoms with E-state index in [-0.39, 0.29) is 18.6 Å². The molecule has 0 saturated heterocycles. The standard InChI is InChI=1S/C11H12Cl2N2O3S/c1-5(11(14)18)15-9(17)3-2-7(16)6-4-8(12)19-10(6)13/h4-5H,2-3H2,1H3,(H2,14,18)(H,15,17)/t5-/m0/s1. The van der Waals surface area contributed by atoms with Gasteiger partial charge in [-0.1, -0.05) is 23.2 Å². The predicted molar refractivity (Wildman–Crippen MR) is 74.7 cm³/mol. The number of hydrogen-bond donors (Lipinski definition) is 2. The third-order valence-electron chi connectivity index (χ3n) is 2.34. The van der Waals surface area contributed by atoms with Gasteiger partial charge in [-0.15, -0.1) is 11.3 Å².